The molecule has 1 aromatic heterocycles. The maximum atomic E-state index is 13.0. The SMILES string of the molecule is Cc1cc(/C=N\NC(=O)CN(c2cccc(C(F)(F)F)c2)S(C)(=O)=O)c(C)n1-c1cc(Cl)ccc1Cl. The molecule has 13 heteroatoms. The Kier molecular flexibility index (Phi) is 8.07. The van der Waals surface area contributed by atoms with Crippen LogP contribution >= 0.6 is 23.2 Å². The van der Waals surface area contributed by atoms with Crippen molar-refractivity contribution in [2.24, 2.45) is 5.10 Å². The number of hydrogen-bond acceptors (Lipinski definition) is 4. The highest BCUT2D eigenvalue weighted by molar-refractivity contribution is 7.92. The van der Waals surface area contributed by atoms with Crippen LogP contribution in [0, 0.1) is 13.8 Å². The average molecular weight is 561 g/mol. The Hall–Kier alpha value is -3.02. The van der Waals surface area contributed by atoms with Crippen molar-refractivity contribution in [1.82, 2.24) is 9.99 Å². The van der Waals surface area contributed by atoms with Gasteiger partial charge in [-0.2, -0.15) is 18.3 Å². The Labute approximate surface area is 216 Å². The maximum Gasteiger partial charge on any atom is 0.416 e. The molecule has 1 heterocycles. The number of benzene rings is 2. The van der Waals surface area contributed by atoms with Gasteiger partial charge in [-0.15, -0.1) is 0 Å². The topological polar surface area (TPSA) is 83.8 Å². The molecule has 36 heavy (non-hydrogen) atoms. The second kappa shape index (κ2) is 10.5. The molecule has 192 valence electrons. The second-order valence-corrected chi connectivity index (χ2v) is 10.6. The van der Waals surface area contributed by atoms with Crippen molar-refractivity contribution in [2.45, 2.75) is 20.0 Å². The number of sulfonamides is 1. The number of rotatable bonds is 7. The highest BCUT2D eigenvalue weighted by Crippen LogP contribution is 2.32. The van der Waals surface area contributed by atoms with E-state index >= 15 is 0 Å². The molecule has 0 radical (unpaired) electrons. The molecule has 0 saturated carbocycles. The first-order valence-corrected chi connectivity index (χ1v) is 12.9. The number of anilines is 1. The number of alkyl halides is 3. The summed E-state index contributed by atoms with van der Waals surface area (Å²) in [6.45, 7) is 2.89. The molecule has 1 N–H and O–H groups in total. The molecular weight excluding hydrogens is 540 g/mol. The predicted molar refractivity (Wildman–Crippen MR) is 135 cm³/mol. The Balaban J connectivity index is 1.79. The number of carbonyl (C=O) groups is 1. The lowest BCUT2D eigenvalue weighted by atomic mass is 10.2. The van der Waals surface area contributed by atoms with E-state index in [0.717, 1.165) is 29.8 Å². The summed E-state index contributed by atoms with van der Waals surface area (Å²) in [5.74, 6) is -0.846. The van der Waals surface area contributed by atoms with E-state index in [0.29, 0.717) is 31.7 Å². The minimum atomic E-state index is -4.67. The van der Waals surface area contributed by atoms with Gasteiger partial charge in [0.05, 0.1) is 34.4 Å². The van der Waals surface area contributed by atoms with Gasteiger partial charge in [-0.1, -0.05) is 29.3 Å². The number of nitrogens with one attached hydrogen (secondary N) is 1. The third kappa shape index (κ3) is 6.40. The van der Waals surface area contributed by atoms with Gasteiger partial charge in [0.1, 0.15) is 6.54 Å². The van der Waals surface area contributed by atoms with E-state index in [-0.39, 0.29) is 5.69 Å². The van der Waals surface area contributed by atoms with Gasteiger partial charge in [0, 0.05) is 22.0 Å². The minimum absolute atomic E-state index is 0.298. The van der Waals surface area contributed by atoms with Gasteiger partial charge in [0.15, 0.2) is 0 Å². The van der Waals surface area contributed by atoms with Crippen molar-refractivity contribution in [1.29, 1.82) is 0 Å². The first kappa shape index (κ1) is 27.6. The number of carbonyl (C=O) groups excluding carboxylic acids is 1. The molecule has 2 aromatic carbocycles. The van der Waals surface area contributed by atoms with Gasteiger partial charge in [-0.25, -0.2) is 13.8 Å². The molecule has 0 aliphatic carbocycles. The number of hydrogen-bond donors (Lipinski definition) is 1. The largest absolute Gasteiger partial charge is 0.416 e. The van der Waals surface area contributed by atoms with E-state index in [2.05, 4.69) is 10.5 Å². The third-order valence-electron chi connectivity index (χ3n) is 5.16. The smallest absolute Gasteiger partial charge is 0.316 e. The van der Waals surface area contributed by atoms with E-state index in [1.165, 1.54) is 12.3 Å². The third-order valence-corrected chi connectivity index (χ3v) is 6.86. The van der Waals surface area contributed by atoms with Crippen LogP contribution in [-0.4, -0.2) is 37.9 Å². The summed E-state index contributed by atoms with van der Waals surface area (Å²) in [5, 5.41) is 4.86. The van der Waals surface area contributed by atoms with Gasteiger partial charge < -0.3 is 4.57 Å². The van der Waals surface area contributed by atoms with Crippen LogP contribution < -0.4 is 9.73 Å². The van der Waals surface area contributed by atoms with Gasteiger partial charge in [-0.3, -0.25) is 9.10 Å². The van der Waals surface area contributed by atoms with Crippen molar-refractivity contribution in [3.8, 4) is 5.69 Å². The summed E-state index contributed by atoms with van der Waals surface area (Å²) in [7, 11) is -4.07. The fourth-order valence-electron chi connectivity index (χ4n) is 3.52. The molecule has 0 spiro atoms. The minimum Gasteiger partial charge on any atom is -0.316 e. The number of halogens is 5. The van der Waals surface area contributed by atoms with Gasteiger partial charge >= 0.3 is 6.18 Å². The standard InChI is InChI=1S/C23H21Cl2F3N4O3S/c1-14-9-16(15(2)32(14)21-11-18(24)7-8-20(21)25)12-29-30-22(33)13-31(36(3,34)35)19-6-4-5-17(10-19)23(26,27)28/h4-12H,13H2,1-3H3,(H,30,33)/b29-12-. The van der Waals surface area contributed by atoms with Crippen LogP contribution in [0.5, 0.6) is 0 Å². The maximum absolute atomic E-state index is 13.0. The molecule has 0 fully saturated rings. The van der Waals surface area contributed by atoms with E-state index < -0.39 is 34.2 Å². The fraction of sp³-hybridized carbons (Fsp3) is 0.217. The fourth-order valence-corrected chi connectivity index (χ4v) is 4.74. The lowest BCUT2D eigenvalue weighted by Crippen LogP contribution is -2.39. The predicted octanol–water partition coefficient (Wildman–Crippen LogP) is 5.34. The van der Waals surface area contributed by atoms with E-state index in [1.54, 1.807) is 24.3 Å². The van der Waals surface area contributed by atoms with Crippen molar-refractivity contribution < 1.29 is 26.4 Å². The molecule has 0 bridgehead atoms. The van der Waals surface area contributed by atoms with Crippen LogP contribution in [0.25, 0.3) is 5.69 Å². The molecule has 1 amide bonds. The molecule has 0 unspecified atom stereocenters. The zero-order valence-electron chi connectivity index (χ0n) is 19.3. The molecule has 0 aliphatic rings. The number of hydrazone groups is 1. The van der Waals surface area contributed by atoms with E-state index in [9.17, 15) is 26.4 Å². The summed E-state index contributed by atoms with van der Waals surface area (Å²) in [6, 6.07) is 10.5. The van der Waals surface area contributed by atoms with Gasteiger partial charge in [0.2, 0.25) is 10.0 Å². The van der Waals surface area contributed by atoms with Gasteiger partial charge in [-0.05, 0) is 56.3 Å². The Morgan fingerprint density at radius 3 is 2.47 bits per heavy atom. The van der Waals surface area contributed by atoms with Crippen molar-refractivity contribution >= 4 is 51.0 Å². The summed E-state index contributed by atoms with van der Waals surface area (Å²) in [4.78, 5) is 12.4. The van der Waals surface area contributed by atoms with Gasteiger partial charge in [0.25, 0.3) is 5.91 Å². The molecular formula is C23H21Cl2F3N4O3S. The summed E-state index contributed by atoms with van der Waals surface area (Å²) >= 11 is 12.4. The van der Waals surface area contributed by atoms with E-state index in [4.69, 9.17) is 23.2 Å². The summed E-state index contributed by atoms with van der Waals surface area (Å²) in [5.41, 5.74) is 3.74. The molecule has 0 atom stereocenters. The molecule has 3 rings (SSSR count). The van der Waals surface area contributed by atoms with Crippen molar-refractivity contribution in [3.63, 3.8) is 0 Å². The summed E-state index contributed by atoms with van der Waals surface area (Å²) < 4.78 is 66.0. The zero-order chi connectivity index (χ0) is 26.8. The monoisotopic (exact) mass is 560 g/mol. The number of aryl methyl sites for hydroxylation is 1. The molecule has 0 aliphatic heterocycles. The Bertz CT molecular complexity index is 1440. The van der Waals surface area contributed by atoms with Crippen LogP contribution in [0.15, 0.2) is 53.6 Å². The highest BCUT2D eigenvalue weighted by atomic mass is 35.5. The lowest BCUT2D eigenvalue weighted by molar-refractivity contribution is -0.137. The van der Waals surface area contributed by atoms with Crippen LogP contribution in [0.4, 0.5) is 18.9 Å². The van der Waals surface area contributed by atoms with Crippen molar-refractivity contribution in [2.75, 3.05) is 17.1 Å². The highest BCUT2D eigenvalue weighted by Gasteiger charge is 2.32. The van der Waals surface area contributed by atoms with Crippen LogP contribution in [0.1, 0.15) is 22.5 Å². The zero-order valence-corrected chi connectivity index (χ0v) is 21.6. The average Bonchev–Trinajstić information content (AvgIpc) is 3.05. The van der Waals surface area contributed by atoms with Crippen LogP contribution in [-0.2, 0) is 21.0 Å². The second-order valence-electron chi connectivity index (χ2n) is 7.87. The molecule has 3 aromatic rings. The summed E-state index contributed by atoms with van der Waals surface area (Å²) in [6.07, 6.45) is -2.52. The molecule has 0 saturated heterocycles. The normalized spacial score (nSPS) is 12.2. The first-order chi connectivity index (χ1) is 16.7. The number of nitrogens with zero attached hydrogens (tertiary/aromatic N) is 3. The van der Waals surface area contributed by atoms with Crippen LogP contribution in [0.2, 0.25) is 10.0 Å². The van der Waals surface area contributed by atoms with Crippen molar-refractivity contribution in [3.05, 3.63) is 81.1 Å². The van der Waals surface area contributed by atoms with Crippen LogP contribution in [0.3, 0.4) is 0 Å². The number of aromatic nitrogens is 1. The molecule has 7 nitrogen and oxygen atoms in total. The quantitative estimate of drug-likeness (QED) is 0.313. The Morgan fingerprint density at radius 2 is 1.83 bits per heavy atom. The number of amides is 1. The Morgan fingerprint density at radius 1 is 1.14 bits per heavy atom. The lowest BCUT2D eigenvalue weighted by Gasteiger charge is -2.22. The van der Waals surface area contributed by atoms with E-state index in [1.807, 2.05) is 18.4 Å². The first-order valence-electron chi connectivity index (χ1n) is 10.3.